The van der Waals surface area contributed by atoms with E-state index in [9.17, 15) is 0 Å². The predicted molar refractivity (Wildman–Crippen MR) is 64.2 cm³/mol. The van der Waals surface area contributed by atoms with Gasteiger partial charge in [-0.05, 0) is 18.9 Å². The van der Waals surface area contributed by atoms with Crippen molar-refractivity contribution < 1.29 is 9.26 Å². The molecule has 0 aromatic carbocycles. The second-order valence-corrected chi connectivity index (χ2v) is 4.88. The van der Waals surface area contributed by atoms with Crippen LogP contribution in [-0.2, 0) is 17.9 Å². The first kappa shape index (κ1) is 12.5. The number of nitrogens with zero attached hydrogens (tertiary/aromatic N) is 2. The highest BCUT2D eigenvalue weighted by molar-refractivity contribution is 5.04. The molecule has 5 heteroatoms. The molecule has 0 amide bonds. The van der Waals surface area contributed by atoms with Gasteiger partial charge in [0.05, 0.1) is 5.69 Å². The Bertz CT molecular complexity index is 353. The van der Waals surface area contributed by atoms with E-state index in [4.69, 9.17) is 15.0 Å². The summed E-state index contributed by atoms with van der Waals surface area (Å²) in [4.78, 5) is 2.33. The van der Waals surface area contributed by atoms with Crippen molar-refractivity contribution >= 4 is 0 Å². The number of hydrogen-bond acceptors (Lipinski definition) is 5. The second kappa shape index (κ2) is 5.62. The lowest BCUT2D eigenvalue weighted by Gasteiger charge is -2.34. The Hall–Kier alpha value is -0.910. The molecule has 1 aliphatic heterocycles. The first-order valence-corrected chi connectivity index (χ1v) is 6.10. The highest BCUT2D eigenvalue weighted by atomic mass is 16.5. The third-order valence-electron chi connectivity index (χ3n) is 3.38. The lowest BCUT2D eigenvalue weighted by molar-refractivity contribution is 0.152. The Kier molecular flexibility index (Phi) is 4.15. The number of methoxy groups -OCH3 is 1. The fourth-order valence-electron chi connectivity index (χ4n) is 2.18. The molecule has 0 saturated carbocycles. The molecular formula is C12H21N3O2. The summed E-state index contributed by atoms with van der Waals surface area (Å²) in [6, 6.07) is 2.22. The zero-order chi connectivity index (χ0) is 12.3. The molecule has 0 spiro atoms. The van der Waals surface area contributed by atoms with Crippen molar-refractivity contribution in [1.82, 2.24) is 10.1 Å². The number of likely N-dealkylation sites (tertiary alicyclic amines) is 1. The molecule has 1 fully saturated rings. The van der Waals surface area contributed by atoms with Gasteiger partial charge in [-0.1, -0.05) is 12.1 Å². The van der Waals surface area contributed by atoms with Crippen LogP contribution in [0.1, 0.15) is 24.8 Å². The molecule has 17 heavy (non-hydrogen) atoms. The zero-order valence-corrected chi connectivity index (χ0v) is 10.6. The van der Waals surface area contributed by atoms with Gasteiger partial charge in [0.25, 0.3) is 0 Å². The van der Waals surface area contributed by atoms with Crippen LogP contribution in [-0.4, -0.2) is 36.3 Å². The lowest BCUT2D eigenvalue weighted by Crippen LogP contribution is -2.47. The molecule has 0 radical (unpaired) electrons. The normalized spacial score (nSPS) is 26.3. The van der Waals surface area contributed by atoms with Gasteiger partial charge >= 0.3 is 0 Å². The Morgan fingerprint density at radius 3 is 3.18 bits per heavy atom. The van der Waals surface area contributed by atoms with E-state index >= 15 is 0 Å². The van der Waals surface area contributed by atoms with Gasteiger partial charge in [-0.3, -0.25) is 4.90 Å². The monoisotopic (exact) mass is 239 g/mol. The smallest absolute Gasteiger partial charge is 0.162 e. The van der Waals surface area contributed by atoms with Crippen molar-refractivity contribution in [3.8, 4) is 0 Å². The molecule has 2 unspecified atom stereocenters. The SMILES string of the molecule is COCc1cc(CN2CCC(C)C(N)C2)no1. The number of piperidine rings is 1. The first-order valence-electron chi connectivity index (χ1n) is 6.10. The van der Waals surface area contributed by atoms with Crippen LogP contribution in [0.15, 0.2) is 10.6 Å². The molecule has 5 nitrogen and oxygen atoms in total. The second-order valence-electron chi connectivity index (χ2n) is 4.88. The summed E-state index contributed by atoms with van der Waals surface area (Å²) in [5.41, 5.74) is 7.03. The van der Waals surface area contributed by atoms with Gasteiger partial charge in [-0.25, -0.2) is 0 Å². The highest BCUT2D eigenvalue weighted by Gasteiger charge is 2.23. The summed E-state index contributed by atoms with van der Waals surface area (Å²) in [7, 11) is 1.65. The van der Waals surface area contributed by atoms with Gasteiger partial charge in [0, 0.05) is 32.3 Å². The van der Waals surface area contributed by atoms with Crippen molar-refractivity contribution in [1.29, 1.82) is 0 Å². The van der Waals surface area contributed by atoms with Crippen LogP contribution in [0.5, 0.6) is 0 Å². The van der Waals surface area contributed by atoms with Gasteiger partial charge in [-0.2, -0.15) is 0 Å². The molecule has 2 N–H and O–H groups in total. The summed E-state index contributed by atoms with van der Waals surface area (Å²) in [5.74, 6) is 1.39. The van der Waals surface area contributed by atoms with Crippen LogP contribution in [0.4, 0.5) is 0 Å². The van der Waals surface area contributed by atoms with Gasteiger partial charge in [0.1, 0.15) is 6.61 Å². The van der Waals surface area contributed by atoms with Gasteiger partial charge in [0.2, 0.25) is 0 Å². The highest BCUT2D eigenvalue weighted by Crippen LogP contribution is 2.17. The first-order chi connectivity index (χ1) is 8.19. The standard InChI is InChI=1S/C12H21N3O2/c1-9-3-4-15(7-12(9)13)6-10-5-11(8-16-2)17-14-10/h5,9,12H,3-4,6-8,13H2,1-2H3. The van der Waals surface area contributed by atoms with Crippen molar-refractivity contribution in [2.45, 2.75) is 32.5 Å². The van der Waals surface area contributed by atoms with E-state index < -0.39 is 0 Å². The summed E-state index contributed by atoms with van der Waals surface area (Å²) in [6.07, 6.45) is 1.16. The molecule has 1 aromatic rings. The van der Waals surface area contributed by atoms with E-state index in [1.807, 2.05) is 6.07 Å². The van der Waals surface area contributed by atoms with Gasteiger partial charge < -0.3 is 15.0 Å². The maximum absolute atomic E-state index is 6.07. The molecular weight excluding hydrogens is 218 g/mol. The minimum absolute atomic E-state index is 0.272. The maximum atomic E-state index is 6.07. The van der Waals surface area contributed by atoms with Crippen molar-refractivity contribution in [2.24, 2.45) is 11.7 Å². The van der Waals surface area contributed by atoms with Crippen LogP contribution in [0.25, 0.3) is 0 Å². The Balaban J connectivity index is 1.87. The molecule has 0 bridgehead atoms. The fourth-order valence-corrected chi connectivity index (χ4v) is 2.18. The number of hydrogen-bond donors (Lipinski definition) is 1. The summed E-state index contributed by atoms with van der Waals surface area (Å²) in [5, 5.41) is 4.04. The van der Waals surface area contributed by atoms with Crippen molar-refractivity contribution in [2.75, 3.05) is 20.2 Å². The van der Waals surface area contributed by atoms with Crippen LogP contribution in [0.2, 0.25) is 0 Å². The van der Waals surface area contributed by atoms with E-state index in [2.05, 4.69) is 17.0 Å². The van der Waals surface area contributed by atoms with E-state index in [0.717, 1.165) is 37.5 Å². The van der Waals surface area contributed by atoms with Crippen molar-refractivity contribution in [3.05, 3.63) is 17.5 Å². The van der Waals surface area contributed by atoms with Crippen LogP contribution < -0.4 is 5.73 Å². The molecule has 1 aromatic heterocycles. The van der Waals surface area contributed by atoms with Crippen molar-refractivity contribution in [3.63, 3.8) is 0 Å². The number of rotatable bonds is 4. The lowest BCUT2D eigenvalue weighted by atomic mass is 9.94. The number of ether oxygens (including phenoxy) is 1. The molecule has 1 aliphatic rings. The van der Waals surface area contributed by atoms with Crippen LogP contribution in [0, 0.1) is 5.92 Å². The third kappa shape index (κ3) is 3.28. The largest absolute Gasteiger partial charge is 0.377 e. The van der Waals surface area contributed by atoms with Crippen LogP contribution in [0.3, 0.4) is 0 Å². The third-order valence-corrected chi connectivity index (χ3v) is 3.38. The van der Waals surface area contributed by atoms with E-state index in [-0.39, 0.29) is 6.04 Å². The number of nitrogens with two attached hydrogens (primary N) is 1. The summed E-state index contributed by atoms with van der Waals surface area (Å²) in [6.45, 7) is 5.53. The Labute approximate surface area is 102 Å². The fraction of sp³-hybridized carbons (Fsp3) is 0.750. The minimum Gasteiger partial charge on any atom is -0.377 e. The molecule has 1 saturated heterocycles. The molecule has 96 valence electrons. The molecule has 0 aliphatic carbocycles. The van der Waals surface area contributed by atoms with Gasteiger partial charge in [0.15, 0.2) is 5.76 Å². The summed E-state index contributed by atoms with van der Waals surface area (Å²) < 4.78 is 10.2. The Morgan fingerprint density at radius 1 is 1.65 bits per heavy atom. The number of aromatic nitrogens is 1. The summed E-state index contributed by atoms with van der Waals surface area (Å²) >= 11 is 0. The van der Waals surface area contributed by atoms with E-state index in [1.54, 1.807) is 7.11 Å². The van der Waals surface area contributed by atoms with E-state index in [0.29, 0.717) is 12.5 Å². The molecule has 2 heterocycles. The predicted octanol–water partition coefficient (Wildman–Crippen LogP) is 0.990. The Morgan fingerprint density at radius 2 is 2.47 bits per heavy atom. The molecule has 2 rings (SSSR count). The maximum Gasteiger partial charge on any atom is 0.162 e. The average molecular weight is 239 g/mol. The minimum atomic E-state index is 0.272. The van der Waals surface area contributed by atoms with Gasteiger partial charge in [-0.15, -0.1) is 0 Å². The van der Waals surface area contributed by atoms with E-state index in [1.165, 1.54) is 0 Å². The topological polar surface area (TPSA) is 64.5 Å². The average Bonchev–Trinajstić information content (AvgIpc) is 2.72. The van der Waals surface area contributed by atoms with Crippen LogP contribution >= 0.6 is 0 Å². The molecule has 2 atom stereocenters. The quantitative estimate of drug-likeness (QED) is 0.849. The zero-order valence-electron chi connectivity index (χ0n) is 10.6.